The maximum absolute atomic E-state index is 12.5. The molecule has 1 saturated heterocycles. The zero-order valence-corrected chi connectivity index (χ0v) is 24.6. The van der Waals surface area contributed by atoms with Crippen LogP contribution in [-0.4, -0.2) is 64.5 Å². The van der Waals surface area contributed by atoms with Crippen LogP contribution in [0.4, 0.5) is 0 Å². The second-order valence-corrected chi connectivity index (χ2v) is 12.1. The topological polar surface area (TPSA) is 128 Å². The Kier molecular flexibility index (Phi) is 14.4. The highest BCUT2D eigenvalue weighted by atomic mass is 31.2. The zero-order chi connectivity index (χ0) is 27.4. The number of hydrogen-bond acceptors (Lipinski definition) is 9. The summed E-state index contributed by atoms with van der Waals surface area (Å²) in [6.45, 7) is 13.7. The minimum atomic E-state index is -1.48. The lowest BCUT2D eigenvalue weighted by Gasteiger charge is -2.37. The van der Waals surface area contributed by atoms with Crippen LogP contribution in [0.2, 0.25) is 0 Å². The van der Waals surface area contributed by atoms with Crippen LogP contribution in [0.3, 0.4) is 0 Å². The first-order valence-corrected chi connectivity index (χ1v) is 15.5. The number of rotatable bonds is 17. The predicted octanol–water partition coefficient (Wildman–Crippen LogP) is 4.65. The zero-order valence-electron chi connectivity index (χ0n) is 22.8. The highest BCUT2D eigenvalue weighted by Gasteiger charge is 2.41. The summed E-state index contributed by atoms with van der Waals surface area (Å²) in [6, 6.07) is 3.75. The molecule has 0 amide bonds. The van der Waals surface area contributed by atoms with Gasteiger partial charge in [-0.05, 0) is 54.4 Å². The van der Waals surface area contributed by atoms with Crippen LogP contribution >= 0.6 is 16.9 Å². The van der Waals surface area contributed by atoms with E-state index in [4.69, 9.17) is 28.1 Å². The van der Waals surface area contributed by atoms with E-state index in [1.54, 1.807) is 0 Å². The van der Waals surface area contributed by atoms with Crippen molar-refractivity contribution >= 4 is 16.9 Å². The van der Waals surface area contributed by atoms with Crippen molar-refractivity contribution in [1.82, 2.24) is 14.2 Å². The molecule has 0 saturated carbocycles. The van der Waals surface area contributed by atoms with Crippen molar-refractivity contribution in [3.8, 4) is 6.07 Å². The summed E-state index contributed by atoms with van der Waals surface area (Å²) >= 11 is 0. The maximum Gasteiger partial charge on any atom is 0.330 e. The molecule has 0 aliphatic carbocycles. The van der Waals surface area contributed by atoms with Gasteiger partial charge in [-0.15, -0.1) is 0 Å². The van der Waals surface area contributed by atoms with Crippen LogP contribution in [-0.2, 0) is 22.8 Å². The molecule has 37 heavy (non-hydrogen) atoms. The summed E-state index contributed by atoms with van der Waals surface area (Å²) < 4.78 is 34.1. The number of aromatic amines is 1. The fourth-order valence-corrected chi connectivity index (χ4v) is 7.29. The Labute approximate surface area is 222 Å². The number of H-pyrrole nitrogens is 1. The Balaban J connectivity index is 2.24. The molecule has 1 aromatic heterocycles. The number of nitriles is 1. The third kappa shape index (κ3) is 10.1. The van der Waals surface area contributed by atoms with Gasteiger partial charge in [-0.1, -0.05) is 0 Å². The molecule has 0 bridgehead atoms. The molecule has 210 valence electrons. The quantitative estimate of drug-likeness (QED) is 0.214. The monoisotopic (exact) mass is 560 g/mol. The second-order valence-electron chi connectivity index (χ2n) is 9.11. The molecule has 1 aliphatic heterocycles. The SMILES string of the molecule is CCOP(CCCC1OC(n2ccc(=O)[nH]c2=O)CC1OP(OCCC#N)N(C(C)C)C(C)C)OCC. The normalized spacial score (nSPS) is 20.8. The van der Waals surface area contributed by atoms with Crippen molar-refractivity contribution in [2.75, 3.05) is 26.0 Å². The van der Waals surface area contributed by atoms with Crippen molar-refractivity contribution in [3.05, 3.63) is 33.1 Å². The molecule has 13 heteroatoms. The van der Waals surface area contributed by atoms with E-state index in [0.29, 0.717) is 26.1 Å². The fourth-order valence-electron chi connectivity index (χ4n) is 4.18. The molecule has 0 aromatic carbocycles. The minimum absolute atomic E-state index is 0.160. The number of nitrogens with zero attached hydrogens (tertiary/aromatic N) is 3. The van der Waals surface area contributed by atoms with E-state index in [-0.39, 0.29) is 37.3 Å². The van der Waals surface area contributed by atoms with Crippen molar-refractivity contribution in [3.63, 3.8) is 0 Å². The van der Waals surface area contributed by atoms with E-state index in [9.17, 15) is 9.59 Å². The Hall–Kier alpha value is -1.21. The van der Waals surface area contributed by atoms with Gasteiger partial charge in [0.05, 0.1) is 44.5 Å². The number of ether oxygens (including phenoxy) is 1. The average molecular weight is 561 g/mol. The van der Waals surface area contributed by atoms with Gasteiger partial charge in [0.2, 0.25) is 0 Å². The lowest BCUT2D eigenvalue weighted by molar-refractivity contribution is -0.0227. The summed E-state index contributed by atoms with van der Waals surface area (Å²) in [7, 11) is -2.44. The third-order valence-corrected chi connectivity index (χ3v) is 9.53. The van der Waals surface area contributed by atoms with Gasteiger partial charge in [0.15, 0.2) is 8.38 Å². The van der Waals surface area contributed by atoms with E-state index >= 15 is 0 Å². The second kappa shape index (κ2) is 16.7. The number of hydrogen-bond donors (Lipinski definition) is 1. The molecule has 1 aromatic rings. The van der Waals surface area contributed by atoms with Gasteiger partial charge in [0.25, 0.3) is 14.1 Å². The number of nitrogens with one attached hydrogen (secondary N) is 1. The summed E-state index contributed by atoms with van der Waals surface area (Å²) in [5.41, 5.74) is -0.977. The minimum Gasteiger partial charge on any atom is -0.352 e. The first kappa shape index (κ1) is 32.0. The van der Waals surface area contributed by atoms with Crippen LogP contribution in [0.5, 0.6) is 0 Å². The van der Waals surface area contributed by atoms with Gasteiger partial charge in [-0.2, -0.15) is 5.26 Å². The van der Waals surface area contributed by atoms with Crippen molar-refractivity contribution in [2.24, 2.45) is 0 Å². The smallest absolute Gasteiger partial charge is 0.330 e. The van der Waals surface area contributed by atoms with Crippen LogP contribution in [0, 0.1) is 11.3 Å². The molecule has 2 rings (SSSR count). The third-order valence-electron chi connectivity index (χ3n) is 5.61. The molecular formula is C24H42N4O7P2. The summed E-state index contributed by atoms with van der Waals surface area (Å²) in [4.78, 5) is 26.3. The van der Waals surface area contributed by atoms with Gasteiger partial charge >= 0.3 is 5.69 Å². The number of aromatic nitrogens is 2. The first-order chi connectivity index (χ1) is 17.7. The van der Waals surface area contributed by atoms with Crippen molar-refractivity contribution < 1.29 is 22.8 Å². The van der Waals surface area contributed by atoms with Gasteiger partial charge in [-0.3, -0.25) is 14.3 Å². The highest BCUT2D eigenvalue weighted by Crippen LogP contribution is 2.50. The van der Waals surface area contributed by atoms with Gasteiger partial charge in [0, 0.05) is 36.9 Å². The highest BCUT2D eigenvalue weighted by molar-refractivity contribution is 7.47. The van der Waals surface area contributed by atoms with Crippen molar-refractivity contribution in [1.29, 1.82) is 5.26 Å². The molecule has 1 N–H and O–H groups in total. The molecule has 0 spiro atoms. The van der Waals surface area contributed by atoms with Gasteiger partial charge in [-0.25, -0.2) is 9.46 Å². The maximum atomic E-state index is 12.5. The largest absolute Gasteiger partial charge is 0.352 e. The molecule has 2 heterocycles. The lowest BCUT2D eigenvalue weighted by Crippen LogP contribution is -2.36. The predicted molar refractivity (Wildman–Crippen MR) is 144 cm³/mol. The van der Waals surface area contributed by atoms with Crippen LogP contribution in [0.1, 0.15) is 73.5 Å². The van der Waals surface area contributed by atoms with Crippen LogP contribution < -0.4 is 11.2 Å². The van der Waals surface area contributed by atoms with Crippen LogP contribution in [0.25, 0.3) is 0 Å². The van der Waals surface area contributed by atoms with Gasteiger partial charge < -0.3 is 22.8 Å². The molecule has 11 nitrogen and oxygen atoms in total. The first-order valence-electron chi connectivity index (χ1n) is 13.0. The molecular weight excluding hydrogens is 518 g/mol. The molecule has 1 fully saturated rings. The fraction of sp³-hybridized carbons (Fsp3) is 0.792. The Bertz CT molecular complexity index is 938. The van der Waals surface area contributed by atoms with Crippen LogP contribution in [0.15, 0.2) is 21.9 Å². The van der Waals surface area contributed by atoms with E-state index in [2.05, 4.69) is 43.4 Å². The molecule has 4 unspecified atom stereocenters. The lowest BCUT2D eigenvalue weighted by atomic mass is 10.1. The Morgan fingerprint density at radius 2 is 1.86 bits per heavy atom. The van der Waals surface area contributed by atoms with Gasteiger partial charge in [0.1, 0.15) is 6.23 Å². The molecule has 4 atom stereocenters. The standard InChI is InChI=1S/C24H42N4O7P2/c1-7-31-36(32-8-2)16-9-11-20-21(17-23(34-20)27-14-12-22(29)26-24(27)30)35-37(33-15-10-13-25)28(18(3)4)19(5)6/h12,14,18-21,23H,7-11,15-17H2,1-6H3,(H,26,29,30). The summed E-state index contributed by atoms with van der Waals surface area (Å²) in [6.07, 6.45) is 3.17. The van der Waals surface area contributed by atoms with E-state index in [1.807, 2.05) is 13.8 Å². The van der Waals surface area contributed by atoms with E-state index < -0.39 is 34.4 Å². The average Bonchev–Trinajstić information content (AvgIpc) is 3.21. The molecule has 1 aliphatic rings. The Morgan fingerprint density at radius 1 is 1.19 bits per heavy atom. The van der Waals surface area contributed by atoms with E-state index in [1.165, 1.54) is 16.8 Å². The summed E-state index contributed by atoms with van der Waals surface area (Å²) in [5, 5.41) is 9.01. The Morgan fingerprint density at radius 3 is 2.43 bits per heavy atom. The molecule has 0 radical (unpaired) electrons. The van der Waals surface area contributed by atoms with Crippen molar-refractivity contribution in [2.45, 2.75) is 97.7 Å². The van der Waals surface area contributed by atoms with E-state index in [0.717, 1.165) is 12.6 Å². The summed E-state index contributed by atoms with van der Waals surface area (Å²) in [5.74, 6) is 0.